The van der Waals surface area contributed by atoms with Crippen molar-refractivity contribution < 1.29 is 0 Å². The molecular weight excluding hydrogens is 446 g/mol. The third-order valence-corrected chi connectivity index (χ3v) is 5.79. The second kappa shape index (κ2) is 8.64. The molecule has 3 heterocycles. The number of hydrogen-bond acceptors (Lipinski definition) is 10. The third-order valence-electron chi connectivity index (χ3n) is 5.25. The molecular formula is C24H23N9S. The Balaban J connectivity index is 1.46. The number of nitrogen functional groups attached to an aromatic ring is 2. The fourth-order valence-electron chi connectivity index (χ4n) is 3.75. The molecule has 5 rings (SSSR count). The van der Waals surface area contributed by atoms with Crippen LogP contribution < -0.4 is 22.1 Å². The summed E-state index contributed by atoms with van der Waals surface area (Å²) in [7, 11) is 0. The standard InChI is InChI=1S/C24H23N9S/c1-12-8-18(25)16-10-14(4-6-20(16)27-12)29-22-31-23(33-24(32-22)34-3)30-15-5-7-21-17(11-15)19(26)9-13(2)28-21/h4-11H,1-3H3,(H2,25,27)(H2,26,28)(H2,29,30,31,32,33). The van der Waals surface area contributed by atoms with E-state index in [9.17, 15) is 0 Å². The summed E-state index contributed by atoms with van der Waals surface area (Å²) in [6.45, 7) is 3.85. The lowest BCUT2D eigenvalue weighted by molar-refractivity contribution is 0.923. The molecule has 0 saturated carbocycles. The molecule has 0 bridgehead atoms. The van der Waals surface area contributed by atoms with Gasteiger partial charge in [-0.3, -0.25) is 9.97 Å². The van der Waals surface area contributed by atoms with Crippen LogP contribution in [0.5, 0.6) is 0 Å². The molecule has 0 spiro atoms. The zero-order valence-electron chi connectivity index (χ0n) is 18.9. The highest BCUT2D eigenvalue weighted by atomic mass is 32.2. The van der Waals surface area contributed by atoms with Crippen molar-refractivity contribution in [1.82, 2.24) is 24.9 Å². The molecule has 6 N–H and O–H groups in total. The molecule has 9 nitrogen and oxygen atoms in total. The number of nitrogens with one attached hydrogen (secondary N) is 2. The number of benzene rings is 2. The van der Waals surface area contributed by atoms with E-state index in [1.807, 2.05) is 68.6 Å². The number of fused-ring (bicyclic) bond motifs is 2. The lowest BCUT2D eigenvalue weighted by atomic mass is 10.1. The smallest absolute Gasteiger partial charge is 0.233 e. The molecule has 0 aliphatic rings. The first-order chi connectivity index (χ1) is 16.4. The van der Waals surface area contributed by atoms with E-state index in [4.69, 9.17) is 11.5 Å². The second-order valence-electron chi connectivity index (χ2n) is 7.89. The number of pyridine rings is 2. The van der Waals surface area contributed by atoms with Crippen LogP contribution in [0, 0.1) is 13.8 Å². The fourth-order valence-corrected chi connectivity index (χ4v) is 4.11. The van der Waals surface area contributed by atoms with Gasteiger partial charge in [0.05, 0.1) is 11.0 Å². The highest BCUT2D eigenvalue weighted by Crippen LogP contribution is 2.28. The summed E-state index contributed by atoms with van der Waals surface area (Å²) in [5, 5.41) is 8.82. The molecule has 0 radical (unpaired) electrons. The first-order valence-corrected chi connectivity index (χ1v) is 11.8. The van der Waals surface area contributed by atoms with E-state index in [-0.39, 0.29) is 0 Å². The van der Waals surface area contributed by atoms with Crippen molar-refractivity contribution in [2.75, 3.05) is 28.4 Å². The predicted octanol–water partition coefficient (Wildman–Crippen LogP) is 4.96. The van der Waals surface area contributed by atoms with Gasteiger partial charge < -0.3 is 22.1 Å². The van der Waals surface area contributed by atoms with Gasteiger partial charge in [0.2, 0.25) is 11.9 Å². The van der Waals surface area contributed by atoms with Crippen LogP contribution in [0.4, 0.5) is 34.6 Å². The van der Waals surface area contributed by atoms with Gasteiger partial charge in [0.25, 0.3) is 0 Å². The minimum Gasteiger partial charge on any atom is -0.398 e. The largest absolute Gasteiger partial charge is 0.398 e. The Morgan fingerprint density at radius 1 is 0.647 bits per heavy atom. The molecule has 0 aliphatic carbocycles. The highest BCUT2D eigenvalue weighted by Gasteiger charge is 2.10. The van der Waals surface area contributed by atoms with Gasteiger partial charge in [0.15, 0.2) is 5.16 Å². The number of anilines is 6. The van der Waals surface area contributed by atoms with E-state index in [1.54, 1.807) is 0 Å². The number of nitrogens with zero attached hydrogens (tertiary/aromatic N) is 5. The van der Waals surface area contributed by atoms with Crippen LogP contribution in [0.3, 0.4) is 0 Å². The summed E-state index contributed by atoms with van der Waals surface area (Å²) < 4.78 is 0. The maximum Gasteiger partial charge on any atom is 0.233 e. The molecule has 0 atom stereocenters. The molecule has 0 amide bonds. The summed E-state index contributed by atoms with van der Waals surface area (Å²) in [6.07, 6.45) is 1.92. The third kappa shape index (κ3) is 4.35. The molecule has 5 aromatic rings. The average molecular weight is 470 g/mol. The molecule has 0 unspecified atom stereocenters. The van der Waals surface area contributed by atoms with Crippen LogP contribution in [0.1, 0.15) is 11.4 Å². The lowest BCUT2D eigenvalue weighted by Crippen LogP contribution is -2.05. The van der Waals surface area contributed by atoms with E-state index in [1.165, 1.54) is 11.8 Å². The van der Waals surface area contributed by atoms with Gasteiger partial charge in [0.1, 0.15) is 0 Å². The maximum absolute atomic E-state index is 6.20. The molecule has 170 valence electrons. The maximum atomic E-state index is 6.20. The normalized spacial score (nSPS) is 11.1. The van der Waals surface area contributed by atoms with E-state index in [2.05, 4.69) is 35.6 Å². The number of rotatable bonds is 5. The Labute approximate surface area is 200 Å². The number of hydrogen-bond donors (Lipinski definition) is 4. The van der Waals surface area contributed by atoms with E-state index >= 15 is 0 Å². The molecule has 34 heavy (non-hydrogen) atoms. The van der Waals surface area contributed by atoms with Gasteiger partial charge in [-0.1, -0.05) is 11.8 Å². The number of aryl methyl sites for hydroxylation is 2. The molecule has 2 aromatic carbocycles. The fraction of sp³-hybridized carbons (Fsp3) is 0.125. The van der Waals surface area contributed by atoms with E-state index < -0.39 is 0 Å². The van der Waals surface area contributed by atoms with Gasteiger partial charge in [-0.25, -0.2) is 0 Å². The SMILES string of the molecule is CSc1nc(Nc2ccc3nc(C)cc(N)c3c2)nc(Nc2ccc3nc(C)cc(N)c3c2)n1. The van der Waals surface area contributed by atoms with Gasteiger partial charge in [-0.2, -0.15) is 15.0 Å². The average Bonchev–Trinajstić information content (AvgIpc) is 2.79. The topological polar surface area (TPSA) is 141 Å². The van der Waals surface area contributed by atoms with Gasteiger partial charge in [0, 0.05) is 44.9 Å². The summed E-state index contributed by atoms with van der Waals surface area (Å²) in [4.78, 5) is 22.6. The number of nitrogens with two attached hydrogens (primary N) is 2. The zero-order valence-corrected chi connectivity index (χ0v) is 19.7. The molecule has 3 aromatic heterocycles. The highest BCUT2D eigenvalue weighted by molar-refractivity contribution is 7.98. The van der Waals surface area contributed by atoms with Crippen LogP contribution in [-0.4, -0.2) is 31.2 Å². The minimum absolute atomic E-state index is 0.414. The van der Waals surface area contributed by atoms with E-state index in [0.717, 1.165) is 44.6 Å². The van der Waals surface area contributed by atoms with Crippen molar-refractivity contribution in [3.05, 3.63) is 59.9 Å². The van der Waals surface area contributed by atoms with Gasteiger partial charge >= 0.3 is 0 Å². The van der Waals surface area contributed by atoms with Crippen molar-refractivity contribution in [2.24, 2.45) is 0 Å². The van der Waals surface area contributed by atoms with Crippen molar-refractivity contribution in [3.8, 4) is 0 Å². The van der Waals surface area contributed by atoms with Gasteiger partial charge in [-0.15, -0.1) is 0 Å². The first kappa shape index (κ1) is 21.7. The Morgan fingerprint density at radius 2 is 1.12 bits per heavy atom. The monoisotopic (exact) mass is 469 g/mol. The van der Waals surface area contributed by atoms with Crippen LogP contribution >= 0.6 is 11.8 Å². The predicted molar refractivity (Wildman–Crippen MR) is 140 cm³/mol. The number of aromatic nitrogens is 5. The summed E-state index contributed by atoms with van der Waals surface area (Å²) in [6, 6.07) is 15.3. The van der Waals surface area contributed by atoms with Crippen LogP contribution in [-0.2, 0) is 0 Å². The van der Waals surface area contributed by atoms with Crippen molar-refractivity contribution in [1.29, 1.82) is 0 Å². The summed E-state index contributed by atoms with van der Waals surface area (Å²) in [5.74, 6) is 0.829. The Kier molecular flexibility index (Phi) is 5.50. The summed E-state index contributed by atoms with van der Waals surface area (Å²) >= 11 is 1.43. The van der Waals surface area contributed by atoms with Crippen LogP contribution in [0.15, 0.2) is 53.7 Å². The van der Waals surface area contributed by atoms with Crippen molar-refractivity contribution in [2.45, 2.75) is 19.0 Å². The van der Waals surface area contributed by atoms with Crippen LogP contribution in [0.2, 0.25) is 0 Å². The Bertz CT molecular complexity index is 1440. The second-order valence-corrected chi connectivity index (χ2v) is 8.66. The minimum atomic E-state index is 0.414. The molecule has 0 fully saturated rings. The zero-order chi connectivity index (χ0) is 23.8. The Morgan fingerprint density at radius 3 is 1.56 bits per heavy atom. The first-order valence-electron chi connectivity index (χ1n) is 10.6. The molecule has 10 heteroatoms. The van der Waals surface area contributed by atoms with Crippen LogP contribution in [0.25, 0.3) is 21.8 Å². The quantitative estimate of drug-likeness (QED) is 0.261. The summed E-state index contributed by atoms with van der Waals surface area (Å²) in [5.41, 5.74) is 18.8. The molecule has 0 saturated heterocycles. The number of thioether (sulfide) groups is 1. The van der Waals surface area contributed by atoms with Gasteiger partial charge in [-0.05, 0) is 68.6 Å². The van der Waals surface area contributed by atoms with E-state index in [0.29, 0.717) is 28.4 Å². The molecule has 0 aliphatic heterocycles. The van der Waals surface area contributed by atoms with Crippen molar-refractivity contribution >= 4 is 68.2 Å². The Hall–Kier alpha value is -4.18. The van der Waals surface area contributed by atoms with Crippen molar-refractivity contribution in [3.63, 3.8) is 0 Å². The lowest BCUT2D eigenvalue weighted by Gasteiger charge is -2.11.